The molecular formula is C18H26N2O4S. The first-order chi connectivity index (χ1) is 12.0. The smallest absolute Gasteiger partial charge is 0.254 e. The molecule has 1 unspecified atom stereocenters. The summed E-state index contributed by atoms with van der Waals surface area (Å²) in [5, 5.41) is 0. The summed E-state index contributed by atoms with van der Waals surface area (Å²) in [6.07, 6.45) is 3.73. The third-order valence-corrected chi connectivity index (χ3v) is 7.02. The molecule has 1 atom stereocenters. The fraction of sp³-hybridized carbons (Fsp3) is 0.611. The van der Waals surface area contributed by atoms with Gasteiger partial charge in [0.2, 0.25) is 10.0 Å². The quantitative estimate of drug-likeness (QED) is 0.819. The molecule has 0 aliphatic carbocycles. The summed E-state index contributed by atoms with van der Waals surface area (Å²) in [5.41, 5.74) is 0.520. The van der Waals surface area contributed by atoms with Gasteiger partial charge >= 0.3 is 0 Å². The van der Waals surface area contributed by atoms with Crippen LogP contribution in [0.4, 0.5) is 0 Å². The van der Waals surface area contributed by atoms with E-state index in [0.717, 1.165) is 25.7 Å². The number of hydrogen-bond donors (Lipinski definition) is 0. The number of benzene rings is 1. The summed E-state index contributed by atoms with van der Waals surface area (Å²) in [7, 11) is -3.50. The van der Waals surface area contributed by atoms with E-state index in [0.29, 0.717) is 38.4 Å². The van der Waals surface area contributed by atoms with Crippen molar-refractivity contribution in [1.82, 2.24) is 9.21 Å². The molecule has 0 spiro atoms. The number of rotatable bonds is 4. The molecule has 2 aliphatic heterocycles. The zero-order valence-electron chi connectivity index (χ0n) is 14.7. The molecule has 0 bridgehead atoms. The lowest BCUT2D eigenvalue weighted by Gasteiger charge is -2.34. The van der Waals surface area contributed by atoms with Crippen molar-refractivity contribution in [3.8, 4) is 0 Å². The number of hydrogen-bond acceptors (Lipinski definition) is 4. The lowest BCUT2D eigenvalue weighted by Crippen LogP contribution is -2.43. The molecular weight excluding hydrogens is 340 g/mol. The third kappa shape index (κ3) is 3.88. The Bertz CT molecular complexity index is 696. The Kier molecular flexibility index (Phi) is 5.76. The van der Waals surface area contributed by atoms with Crippen LogP contribution >= 0.6 is 0 Å². The average Bonchev–Trinajstić information content (AvgIpc) is 2.68. The molecule has 6 nitrogen and oxygen atoms in total. The van der Waals surface area contributed by atoms with Crippen LogP contribution in [0.2, 0.25) is 0 Å². The summed E-state index contributed by atoms with van der Waals surface area (Å²) in [6.45, 7) is 4.85. The molecule has 25 heavy (non-hydrogen) atoms. The van der Waals surface area contributed by atoms with Crippen LogP contribution in [0.25, 0.3) is 0 Å². The fourth-order valence-corrected chi connectivity index (χ4v) is 5.32. The Morgan fingerprint density at radius 3 is 2.44 bits per heavy atom. The number of amides is 1. The standard InChI is InChI=1S/C18H26N2O4S/c1-2-16-5-3-4-10-20(16)25(22,23)17-8-6-15(7-9-17)18(21)19-11-13-24-14-12-19/h6-9,16H,2-5,10-14H2,1H3. The number of nitrogens with zero attached hydrogens (tertiary/aromatic N) is 2. The van der Waals surface area contributed by atoms with Crippen LogP contribution in [0.1, 0.15) is 43.0 Å². The number of morpholine rings is 1. The Morgan fingerprint density at radius 2 is 1.80 bits per heavy atom. The molecule has 0 aromatic heterocycles. The lowest BCUT2D eigenvalue weighted by atomic mass is 10.0. The Labute approximate surface area is 149 Å². The van der Waals surface area contributed by atoms with Crippen molar-refractivity contribution in [1.29, 1.82) is 0 Å². The van der Waals surface area contributed by atoms with Crippen molar-refractivity contribution in [2.75, 3.05) is 32.8 Å². The van der Waals surface area contributed by atoms with Gasteiger partial charge in [-0.2, -0.15) is 4.31 Å². The van der Waals surface area contributed by atoms with Crippen LogP contribution < -0.4 is 0 Å². The van der Waals surface area contributed by atoms with Gasteiger partial charge in [0.05, 0.1) is 18.1 Å². The van der Waals surface area contributed by atoms with Gasteiger partial charge in [0.15, 0.2) is 0 Å². The van der Waals surface area contributed by atoms with Gasteiger partial charge in [0.1, 0.15) is 0 Å². The number of sulfonamides is 1. The largest absolute Gasteiger partial charge is 0.378 e. The van der Waals surface area contributed by atoms with Gasteiger partial charge in [-0.15, -0.1) is 0 Å². The van der Waals surface area contributed by atoms with E-state index in [4.69, 9.17) is 4.74 Å². The van der Waals surface area contributed by atoms with Crippen molar-refractivity contribution < 1.29 is 17.9 Å². The number of carbonyl (C=O) groups excluding carboxylic acids is 1. The van der Waals surface area contributed by atoms with Gasteiger partial charge in [-0.3, -0.25) is 4.79 Å². The topological polar surface area (TPSA) is 66.9 Å². The highest BCUT2D eigenvalue weighted by Gasteiger charge is 2.32. The van der Waals surface area contributed by atoms with E-state index in [2.05, 4.69) is 0 Å². The van der Waals surface area contributed by atoms with Crippen LogP contribution in [0.3, 0.4) is 0 Å². The monoisotopic (exact) mass is 366 g/mol. The molecule has 2 saturated heterocycles. The van der Waals surface area contributed by atoms with Crippen LogP contribution in [0, 0.1) is 0 Å². The minimum Gasteiger partial charge on any atom is -0.378 e. The maximum Gasteiger partial charge on any atom is 0.254 e. The van der Waals surface area contributed by atoms with Crippen LogP contribution in [-0.4, -0.2) is 62.4 Å². The molecule has 0 N–H and O–H groups in total. The van der Waals surface area contributed by atoms with E-state index >= 15 is 0 Å². The van der Waals surface area contributed by atoms with Gasteiger partial charge < -0.3 is 9.64 Å². The Balaban J connectivity index is 1.77. The molecule has 1 amide bonds. The Hall–Kier alpha value is -1.44. The van der Waals surface area contributed by atoms with Gasteiger partial charge in [-0.05, 0) is 43.5 Å². The minimum atomic E-state index is -3.50. The summed E-state index contributed by atoms with van der Waals surface area (Å²) in [5.74, 6) is -0.0725. The molecule has 0 saturated carbocycles. The molecule has 3 rings (SSSR count). The van der Waals surface area contributed by atoms with Crippen molar-refractivity contribution in [3.63, 3.8) is 0 Å². The molecule has 1 aromatic carbocycles. The molecule has 2 aliphatic rings. The first-order valence-corrected chi connectivity index (χ1v) is 10.5. The van der Waals surface area contributed by atoms with Gasteiger partial charge in [-0.1, -0.05) is 13.3 Å². The molecule has 2 heterocycles. The van der Waals surface area contributed by atoms with Gasteiger partial charge in [-0.25, -0.2) is 8.42 Å². The molecule has 2 fully saturated rings. The highest BCUT2D eigenvalue weighted by atomic mass is 32.2. The lowest BCUT2D eigenvalue weighted by molar-refractivity contribution is 0.0303. The predicted molar refractivity (Wildman–Crippen MR) is 95.0 cm³/mol. The zero-order chi connectivity index (χ0) is 17.9. The highest BCUT2D eigenvalue weighted by Crippen LogP contribution is 2.27. The number of ether oxygens (including phenoxy) is 1. The van der Waals surface area contributed by atoms with Crippen molar-refractivity contribution in [2.24, 2.45) is 0 Å². The van der Waals surface area contributed by atoms with Crippen molar-refractivity contribution in [2.45, 2.75) is 43.5 Å². The third-order valence-electron chi connectivity index (χ3n) is 5.05. The minimum absolute atomic E-state index is 0.0725. The molecule has 0 radical (unpaired) electrons. The second kappa shape index (κ2) is 7.85. The van der Waals surface area contributed by atoms with Crippen LogP contribution in [0.5, 0.6) is 0 Å². The molecule has 1 aromatic rings. The molecule has 138 valence electrons. The second-order valence-corrected chi connectivity index (χ2v) is 8.49. The van der Waals surface area contributed by atoms with Crippen molar-refractivity contribution in [3.05, 3.63) is 29.8 Å². The van der Waals surface area contributed by atoms with Gasteiger partial charge in [0.25, 0.3) is 5.91 Å². The maximum absolute atomic E-state index is 13.0. The zero-order valence-corrected chi connectivity index (χ0v) is 15.5. The number of carbonyl (C=O) groups is 1. The molecule has 7 heteroatoms. The SMILES string of the molecule is CCC1CCCCN1S(=O)(=O)c1ccc(C(=O)N2CCOCC2)cc1. The summed E-state index contributed by atoms with van der Waals surface area (Å²) < 4.78 is 32.8. The fourth-order valence-electron chi connectivity index (χ4n) is 3.55. The normalized spacial score (nSPS) is 22.8. The average molecular weight is 366 g/mol. The van der Waals surface area contributed by atoms with E-state index in [9.17, 15) is 13.2 Å². The maximum atomic E-state index is 13.0. The van der Waals surface area contributed by atoms with E-state index in [1.165, 1.54) is 0 Å². The van der Waals surface area contributed by atoms with E-state index in [1.54, 1.807) is 33.5 Å². The summed E-state index contributed by atoms with van der Waals surface area (Å²) in [4.78, 5) is 14.5. The van der Waals surface area contributed by atoms with Crippen LogP contribution in [-0.2, 0) is 14.8 Å². The van der Waals surface area contributed by atoms with E-state index < -0.39 is 10.0 Å². The summed E-state index contributed by atoms with van der Waals surface area (Å²) >= 11 is 0. The summed E-state index contributed by atoms with van der Waals surface area (Å²) in [6, 6.07) is 6.44. The van der Waals surface area contributed by atoms with E-state index in [1.807, 2.05) is 6.92 Å². The predicted octanol–water partition coefficient (Wildman–Crippen LogP) is 2.11. The second-order valence-electron chi connectivity index (χ2n) is 6.60. The number of piperidine rings is 1. The first kappa shape index (κ1) is 18.4. The van der Waals surface area contributed by atoms with Gasteiger partial charge in [0, 0.05) is 31.2 Å². The van der Waals surface area contributed by atoms with Crippen molar-refractivity contribution >= 4 is 15.9 Å². The highest BCUT2D eigenvalue weighted by molar-refractivity contribution is 7.89. The Morgan fingerprint density at radius 1 is 1.12 bits per heavy atom. The first-order valence-electron chi connectivity index (χ1n) is 9.03. The van der Waals surface area contributed by atoms with Crippen LogP contribution in [0.15, 0.2) is 29.2 Å². The van der Waals surface area contributed by atoms with E-state index in [-0.39, 0.29) is 16.8 Å².